The highest BCUT2D eigenvalue weighted by atomic mass is 16.5. The van der Waals surface area contributed by atoms with E-state index in [2.05, 4.69) is 14.7 Å². The molecule has 1 aromatic heterocycles. The van der Waals surface area contributed by atoms with Crippen molar-refractivity contribution in [3.63, 3.8) is 0 Å². The summed E-state index contributed by atoms with van der Waals surface area (Å²) < 4.78 is 4.63. The number of hydrogen-bond acceptors (Lipinski definition) is 5. The number of nitrogens with zero attached hydrogens (tertiary/aromatic N) is 2. The van der Waals surface area contributed by atoms with Crippen LogP contribution in [0, 0.1) is 5.92 Å². The fraction of sp³-hybridized carbons (Fsp3) is 0.333. The molecule has 2 aromatic carbocycles. The van der Waals surface area contributed by atoms with Crippen LogP contribution in [0.25, 0.3) is 22.5 Å². The first-order valence-electron chi connectivity index (χ1n) is 10.6. The van der Waals surface area contributed by atoms with Gasteiger partial charge in [-0.3, -0.25) is 14.3 Å². The smallest absolute Gasteiger partial charge is 0.439 e. The predicted octanol–water partition coefficient (Wildman–Crippen LogP) is 3.93. The third-order valence-electron chi connectivity index (χ3n) is 5.24. The van der Waals surface area contributed by atoms with Crippen LogP contribution in [0.1, 0.15) is 39.2 Å². The number of benzene rings is 2. The van der Waals surface area contributed by atoms with Gasteiger partial charge in [-0.1, -0.05) is 74.5 Å². The van der Waals surface area contributed by atoms with Gasteiger partial charge >= 0.3 is 11.7 Å². The fourth-order valence-electron chi connectivity index (χ4n) is 3.75. The molecule has 8 heteroatoms. The van der Waals surface area contributed by atoms with E-state index in [1.54, 1.807) is 13.8 Å². The molecule has 0 unspecified atom stereocenters. The van der Waals surface area contributed by atoms with E-state index in [0.717, 1.165) is 22.3 Å². The molecule has 0 fully saturated rings. The van der Waals surface area contributed by atoms with Crippen molar-refractivity contribution in [2.24, 2.45) is 5.92 Å². The zero-order valence-corrected chi connectivity index (χ0v) is 18.4. The molecule has 168 valence electrons. The van der Waals surface area contributed by atoms with Gasteiger partial charge in [-0.25, -0.2) is 9.59 Å². The summed E-state index contributed by atoms with van der Waals surface area (Å²) >= 11 is 0. The van der Waals surface area contributed by atoms with Crippen molar-refractivity contribution < 1.29 is 19.2 Å². The molecule has 1 atom stereocenters. The molecule has 8 nitrogen and oxygen atoms in total. The molecule has 0 radical (unpaired) electrons. The van der Waals surface area contributed by atoms with Crippen molar-refractivity contribution in [3.05, 3.63) is 64.6 Å². The number of carboxylic acids is 1. The molecule has 0 aliphatic carbocycles. The average molecular weight is 437 g/mol. The molecule has 2 N–H and O–H groups in total. The minimum atomic E-state index is -1.00. The molecule has 0 saturated carbocycles. The normalized spacial score (nSPS) is 12.0. The Kier molecular flexibility index (Phi) is 7.25. The average Bonchev–Trinajstić information content (AvgIpc) is 3.19. The van der Waals surface area contributed by atoms with Crippen LogP contribution in [0.3, 0.4) is 0 Å². The van der Waals surface area contributed by atoms with Gasteiger partial charge < -0.3 is 10.0 Å². The topological polar surface area (TPSA) is 117 Å². The van der Waals surface area contributed by atoms with Gasteiger partial charge in [0.25, 0.3) is 0 Å². The van der Waals surface area contributed by atoms with Gasteiger partial charge in [-0.2, -0.15) is 0 Å². The predicted molar refractivity (Wildman–Crippen MR) is 120 cm³/mol. The molecular formula is C24H27N3O5. The SMILES string of the molecule is CCCC(=O)N(Cc1ccc(-c2ccccc2-c2noc(=O)[nH]2)cc1)[C@H](C(=O)O)C(C)C. The Labute approximate surface area is 185 Å². The Morgan fingerprint density at radius 2 is 1.75 bits per heavy atom. The molecule has 0 aliphatic rings. The summed E-state index contributed by atoms with van der Waals surface area (Å²) in [7, 11) is 0. The lowest BCUT2D eigenvalue weighted by molar-refractivity contribution is -0.153. The number of carbonyl (C=O) groups excluding carboxylic acids is 1. The van der Waals surface area contributed by atoms with Gasteiger partial charge in [0.2, 0.25) is 5.91 Å². The quantitative estimate of drug-likeness (QED) is 0.524. The molecule has 0 spiro atoms. The lowest BCUT2D eigenvalue weighted by Gasteiger charge is -2.31. The van der Waals surface area contributed by atoms with Crippen LogP contribution in [-0.4, -0.2) is 38.1 Å². The first-order valence-corrected chi connectivity index (χ1v) is 10.6. The summed E-state index contributed by atoms with van der Waals surface area (Å²) in [4.78, 5) is 39.9. The van der Waals surface area contributed by atoms with Crippen LogP contribution in [0.2, 0.25) is 0 Å². The molecule has 32 heavy (non-hydrogen) atoms. The fourth-order valence-corrected chi connectivity index (χ4v) is 3.75. The molecule has 0 aliphatic heterocycles. The van der Waals surface area contributed by atoms with E-state index >= 15 is 0 Å². The number of aliphatic carboxylic acids is 1. The number of hydrogen-bond donors (Lipinski definition) is 2. The summed E-state index contributed by atoms with van der Waals surface area (Å²) in [5.41, 5.74) is 3.29. The van der Waals surface area contributed by atoms with Crippen LogP contribution < -0.4 is 5.76 Å². The van der Waals surface area contributed by atoms with Crippen LogP contribution >= 0.6 is 0 Å². The Hall–Kier alpha value is -3.68. The molecule has 3 aromatic rings. The number of aromatic amines is 1. The largest absolute Gasteiger partial charge is 0.480 e. The molecule has 0 saturated heterocycles. The van der Waals surface area contributed by atoms with E-state index in [-0.39, 0.29) is 18.4 Å². The Balaban J connectivity index is 1.90. The Morgan fingerprint density at radius 3 is 2.28 bits per heavy atom. The van der Waals surface area contributed by atoms with Gasteiger partial charge in [-0.15, -0.1) is 0 Å². The van der Waals surface area contributed by atoms with Crippen molar-refractivity contribution in [1.29, 1.82) is 0 Å². The first kappa shape index (κ1) is 23.0. The molecule has 0 bridgehead atoms. The summed E-state index contributed by atoms with van der Waals surface area (Å²) in [6, 6.07) is 14.1. The van der Waals surface area contributed by atoms with Gasteiger partial charge in [0.15, 0.2) is 5.82 Å². The van der Waals surface area contributed by atoms with E-state index < -0.39 is 17.8 Å². The lowest BCUT2D eigenvalue weighted by Crippen LogP contribution is -2.47. The second-order valence-corrected chi connectivity index (χ2v) is 7.98. The van der Waals surface area contributed by atoms with E-state index in [9.17, 15) is 19.5 Å². The molecule has 3 rings (SSSR count). The number of carbonyl (C=O) groups is 2. The Bertz CT molecular complexity index is 1130. The zero-order valence-electron chi connectivity index (χ0n) is 18.4. The van der Waals surface area contributed by atoms with Crippen molar-refractivity contribution in [2.75, 3.05) is 0 Å². The highest BCUT2D eigenvalue weighted by molar-refractivity contribution is 5.84. The molecular weight excluding hydrogens is 410 g/mol. The second-order valence-electron chi connectivity index (χ2n) is 7.98. The molecule has 1 heterocycles. The number of nitrogens with one attached hydrogen (secondary N) is 1. The summed E-state index contributed by atoms with van der Waals surface area (Å²) in [5.74, 6) is -1.67. The number of carboxylic acid groups (broad SMARTS) is 1. The summed E-state index contributed by atoms with van der Waals surface area (Å²) in [6.07, 6.45) is 0.956. The lowest BCUT2D eigenvalue weighted by atomic mass is 9.97. The Morgan fingerprint density at radius 1 is 1.09 bits per heavy atom. The highest BCUT2D eigenvalue weighted by Crippen LogP contribution is 2.30. The van der Waals surface area contributed by atoms with Gasteiger partial charge in [-0.05, 0) is 29.0 Å². The van der Waals surface area contributed by atoms with E-state index in [0.29, 0.717) is 18.7 Å². The minimum absolute atomic E-state index is 0.169. The van der Waals surface area contributed by atoms with Gasteiger partial charge in [0, 0.05) is 18.5 Å². The van der Waals surface area contributed by atoms with Crippen LogP contribution in [0.4, 0.5) is 0 Å². The summed E-state index contributed by atoms with van der Waals surface area (Å²) in [5, 5.41) is 13.5. The number of H-pyrrole nitrogens is 1. The van der Waals surface area contributed by atoms with Crippen molar-refractivity contribution in [2.45, 2.75) is 46.2 Å². The van der Waals surface area contributed by atoms with Crippen LogP contribution in [0.5, 0.6) is 0 Å². The standard InChI is InChI=1S/C24H27N3O5/c1-4-7-20(28)27(21(15(2)3)23(29)30)14-16-10-12-17(13-11-16)18-8-5-6-9-19(18)22-25-24(31)32-26-22/h5-6,8-13,15,21H,4,7,14H2,1-3H3,(H,29,30)(H,25,26,31)/t21-/m0/s1. The monoisotopic (exact) mass is 437 g/mol. The third kappa shape index (κ3) is 5.14. The maximum atomic E-state index is 12.7. The van der Waals surface area contributed by atoms with Gasteiger partial charge in [0.05, 0.1) is 0 Å². The van der Waals surface area contributed by atoms with Crippen molar-refractivity contribution >= 4 is 11.9 Å². The van der Waals surface area contributed by atoms with Gasteiger partial charge in [0.1, 0.15) is 6.04 Å². The highest BCUT2D eigenvalue weighted by Gasteiger charge is 2.31. The van der Waals surface area contributed by atoms with E-state index in [1.165, 1.54) is 4.90 Å². The van der Waals surface area contributed by atoms with Crippen LogP contribution in [-0.2, 0) is 16.1 Å². The van der Waals surface area contributed by atoms with E-state index in [4.69, 9.17) is 0 Å². The van der Waals surface area contributed by atoms with Crippen molar-refractivity contribution in [3.8, 4) is 22.5 Å². The van der Waals surface area contributed by atoms with Crippen molar-refractivity contribution in [1.82, 2.24) is 15.0 Å². The maximum absolute atomic E-state index is 12.7. The maximum Gasteiger partial charge on any atom is 0.439 e. The number of rotatable bonds is 9. The minimum Gasteiger partial charge on any atom is -0.480 e. The summed E-state index contributed by atoms with van der Waals surface area (Å²) in [6.45, 7) is 5.72. The number of amides is 1. The molecule has 1 amide bonds. The first-order chi connectivity index (χ1) is 15.3. The number of aromatic nitrogens is 2. The second kappa shape index (κ2) is 10.1. The zero-order chi connectivity index (χ0) is 23.3. The van der Waals surface area contributed by atoms with E-state index in [1.807, 2.05) is 55.5 Å². The van der Waals surface area contributed by atoms with Crippen LogP contribution in [0.15, 0.2) is 57.8 Å². The third-order valence-corrected chi connectivity index (χ3v) is 5.24.